The van der Waals surface area contributed by atoms with Crippen LogP contribution in [-0.2, 0) is 6.54 Å². The number of nitrogens with one attached hydrogen (secondary N) is 1. The average Bonchev–Trinajstić information content (AvgIpc) is 2.80. The van der Waals surface area contributed by atoms with E-state index in [1.165, 1.54) is 4.68 Å². The lowest BCUT2D eigenvalue weighted by molar-refractivity contribution is 0.671. The van der Waals surface area contributed by atoms with Crippen molar-refractivity contribution >= 4 is 0 Å². The van der Waals surface area contributed by atoms with E-state index >= 15 is 0 Å². The summed E-state index contributed by atoms with van der Waals surface area (Å²) in [5.74, 6) is 0.539. The van der Waals surface area contributed by atoms with Gasteiger partial charge in [-0.15, -0.1) is 0 Å². The van der Waals surface area contributed by atoms with Crippen molar-refractivity contribution in [3.8, 4) is 6.07 Å². The molecule has 1 aromatic heterocycles. The number of hydrogen-bond donors (Lipinski definition) is 1. The first kappa shape index (κ1) is 7.17. The summed E-state index contributed by atoms with van der Waals surface area (Å²) in [6.45, 7) is 0.117. The summed E-state index contributed by atoms with van der Waals surface area (Å²) in [6.07, 6.45) is 2.32. The molecule has 0 spiro atoms. The summed E-state index contributed by atoms with van der Waals surface area (Å²) in [5.41, 5.74) is 0.883. The zero-order valence-corrected chi connectivity index (χ0v) is 6.58. The number of rotatable bonds is 2. The molecule has 4 nitrogen and oxygen atoms in total. The van der Waals surface area contributed by atoms with E-state index in [2.05, 4.69) is 5.10 Å². The van der Waals surface area contributed by atoms with Crippen LogP contribution in [0.25, 0.3) is 0 Å². The summed E-state index contributed by atoms with van der Waals surface area (Å²) in [7, 11) is 0. The number of aromatic nitrogens is 2. The van der Waals surface area contributed by atoms with Crippen LogP contribution in [0, 0.1) is 11.3 Å². The molecule has 1 fully saturated rings. The van der Waals surface area contributed by atoms with Crippen LogP contribution < -0.4 is 5.56 Å². The molecule has 1 heterocycles. The first-order valence-corrected chi connectivity index (χ1v) is 3.98. The van der Waals surface area contributed by atoms with Crippen molar-refractivity contribution in [2.75, 3.05) is 0 Å². The van der Waals surface area contributed by atoms with E-state index < -0.39 is 0 Å². The molecule has 0 aliphatic heterocycles. The first-order chi connectivity index (χ1) is 5.81. The van der Waals surface area contributed by atoms with Gasteiger partial charge in [-0.25, -0.2) is 4.68 Å². The summed E-state index contributed by atoms with van der Waals surface area (Å²) in [6, 6.07) is 3.52. The monoisotopic (exact) mass is 163 g/mol. The van der Waals surface area contributed by atoms with Crippen LogP contribution in [0.2, 0.25) is 0 Å². The van der Waals surface area contributed by atoms with Gasteiger partial charge < -0.3 is 0 Å². The molecule has 0 amide bonds. The Bertz CT molecular complexity index is 378. The summed E-state index contributed by atoms with van der Waals surface area (Å²) in [4.78, 5) is 11.1. The third kappa shape index (κ3) is 1.14. The van der Waals surface area contributed by atoms with E-state index in [0.717, 1.165) is 18.5 Å². The molecular formula is C8H9N3O. The van der Waals surface area contributed by atoms with Crippen molar-refractivity contribution in [1.82, 2.24) is 9.78 Å². The van der Waals surface area contributed by atoms with Crippen LogP contribution in [0.5, 0.6) is 0 Å². The van der Waals surface area contributed by atoms with Crippen molar-refractivity contribution in [2.24, 2.45) is 0 Å². The van der Waals surface area contributed by atoms with Crippen molar-refractivity contribution < 1.29 is 0 Å². The number of nitrogens with zero attached hydrogens (tertiary/aromatic N) is 2. The second kappa shape index (κ2) is 2.52. The van der Waals surface area contributed by atoms with E-state index in [0.29, 0.717) is 5.92 Å². The molecular weight excluding hydrogens is 154 g/mol. The Kier molecular flexibility index (Phi) is 1.51. The molecule has 1 aromatic rings. The zero-order chi connectivity index (χ0) is 8.55. The summed E-state index contributed by atoms with van der Waals surface area (Å²) in [5, 5.41) is 11.3. The van der Waals surface area contributed by atoms with Crippen LogP contribution in [0.15, 0.2) is 10.9 Å². The smallest absolute Gasteiger partial charge is 0.267 e. The molecule has 0 saturated heterocycles. The molecule has 1 aliphatic carbocycles. The molecule has 2 rings (SSSR count). The van der Waals surface area contributed by atoms with E-state index in [1.54, 1.807) is 6.07 Å². The SMILES string of the molecule is N#CCn1[nH]c(C2CC2)cc1=O. The van der Waals surface area contributed by atoms with E-state index in [9.17, 15) is 4.79 Å². The van der Waals surface area contributed by atoms with E-state index in [1.807, 2.05) is 6.07 Å². The molecule has 1 aliphatic rings. The van der Waals surface area contributed by atoms with Crippen LogP contribution in [0.1, 0.15) is 24.5 Å². The Morgan fingerprint density at radius 1 is 1.75 bits per heavy atom. The normalized spacial score (nSPS) is 15.9. The van der Waals surface area contributed by atoms with Gasteiger partial charge in [0.2, 0.25) is 0 Å². The van der Waals surface area contributed by atoms with Crippen LogP contribution in [-0.4, -0.2) is 9.78 Å². The first-order valence-electron chi connectivity index (χ1n) is 3.98. The minimum Gasteiger partial charge on any atom is -0.298 e. The fourth-order valence-electron chi connectivity index (χ4n) is 1.25. The Morgan fingerprint density at radius 2 is 2.50 bits per heavy atom. The molecule has 0 aromatic carbocycles. The highest BCUT2D eigenvalue weighted by Gasteiger charge is 2.25. The van der Waals surface area contributed by atoms with E-state index in [-0.39, 0.29) is 12.1 Å². The molecule has 4 heteroatoms. The minimum atomic E-state index is -0.0987. The van der Waals surface area contributed by atoms with Gasteiger partial charge in [0.1, 0.15) is 6.54 Å². The van der Waals surface area contributed by atoms with Crippen LogP contribution in [0.3, 0.4) is 0 Å². The van der Waals surface area contributed by atoms with Gasteiger partial charge in [-0.3, -0.25) is 9.89 Å². The molecule has 0 radical (unpaired) electrons. The van der Waals surface area contributed by atoms with Gasteiger partial charge in [0, 0.05) is 17.7 Å². The quantitative estimate of drug-likeness (QED) is 0.693. The lowest BCUT2D eigenvalue weighted by atomic mass is 10.3. The van der Waals surface area contributed by atoms with Gasteiger partial charge in [0.05, 0.1) is 6.07 Å². The lowest BCUT2D eigenvalue weighted by Crippen LogP contribution is -2.14. The highest BCUT2D eigenvalue weighted by Crippen LogP contribution is 2.38. The standard InChI is InChI=1S/C8H9N3O/c9-3-4-11-8(12)5-7(10-11)6-1-2-6/h5-6,10H,1-2,4H2. The van der Waals surface area contributed by atoms with Crippen molar-refractivity contribution in [3.05, 3.63) is 22.1 Å². The molecule has 0 atom stereocenters. The molecule has 0 bridgehead atoms. The van der Waals surface area contributed by atoms with Crippen LogP contribution in [0.4, 0.5) is 0 Å². The Hall–Kier alpha value is -1.50. The summed E-state index contributed by atoms with van der Waals surface area (Å²) >= 11 is 0. The number of H-pyrrole nitrogens is 1. The van der Waals surface area contributed by atoms with Gasteiger partial charge in [-0.1, -0.05) is 0 Å². The maximum absolute atomic E-state index is 11.1. The number of hydrogen-bond acceptors (Lipinski definition) is 2. The maximum Gasteiger partial charge on any atom is 0.267 e. The largest absolute Gasteiger partial charge is 0.298 e. The molecule has 1 N–H and O–H groups in total. The summed E-state index contributed by atoms with van der Waals surface area (Å²) < 4.78 is 1.34. The second-order valence-electron chi connectivity index (χ2n) is 3.07. The number of aromatic amines is 1. The maximum atomic E-state index is 11.1. The highest BCUT2D eigenvalue weighted by atomic mass is 16.1. The zero-order valence-electron chi connectivity index (χ0n) is 6.58. The van der Waals surface area contributed by atoms with Gasteiger partial charge in [-0.2, -0.15) is 5.26 Å². The van der Waals surface area contributed by atoms with Crippen LogP contribution >= 0.6 is 0 Å². The molecule has 1 saturated carbocycles. The fourth-order valence-corrected chi connectivity index (χ4v) is 1.25. The predicted molar refractivity (Wildman–Crippen MR) is 42.6 cm³/mol. The highest BCUT2D eigenvalue weighted by molar-refractivity contribution is 5.12. The van der Waals surface area contributed by atoms with Gasteiger partial charge in [0.15, 0.2) is 0 Å². The third-order valence-corrected chi connectivity index (χ3v) is 2.06. The van der Waals surface area contributed by atoms with Gasteiger partial charge in [0.25, 0.3) is 5.56 Å². The minimum absolute atomic E-state index is 0.0987. The number of nitriles is 1. The third-order valence-electron chi connectivity index (χ3n) is 2.06. The Labute approximate surface area is 69.4 Å². The topological polar surface area (TPSA) is 61.6 Å². The fraction of sp³-hybridized carbons (Fsp3) is 0.500. The van der Waals surface area contributed by atoms with Gasteiger partial charge >= 0.3 is 0 Å². The molecule has 12 heavy (non-hydrogen) atoms. The predicted octanol–water partition coefficient (Wildman–Crippen LogP) is 0.577. The van der Waals surface area contributed by atoms with Crippen molar-refractivity contribution in [3.63, 3.8) is 0 Å². The second-order valence-corrected chi connectivity index (χ2v) is 3.07. The van der Waals surface area contributed by atoms with Crippen molar-refractivity contribution in [2.45, 2.75) is 25.3 Å². The van der Waals surface area contributed by atoms with E-state index in [4.69, 9.17) is 5.26 Å². The molecule has 62 valence electrons. The average molecular weight is 163 g/mol. The Balaban J connectivity index is 2.31. The van der Waals surface area contributed by atoms with Crippen molar-refractivity contribution in [1.29, 1.82) is 5.26 Å². The van der Waals surface area contributed by atoms with Gasteiger partial charge in [-0.05, 0) is 12.8 Å². The Morgan fingerprint density at radius 3 is 3.08 bits per heavy atom. The lowest BCUT2D eigenvalue weighted by Gasteiger charge is -1.92. The molecule has 0 unspecified atom stereocenters.